The van der Waals surface area contributed by atoms with Gasteiger partial charge in [-0.2, -0.15) is 11.8 Å². The van der Waals surface area contributed by atoms with Gasteiger partial charge < -0.3 is 5.32 Å². The van der Waals surface area contributed by atoms with Crippen LogP contribution in [-0.2, 0) is 6.54 Å². The minimum Gasteiger partial charge on any atom is -0.309 e. The molecule has 1 aliphatic rings. The van der Waals surface area contributed by atoms with Crippen molar-refractivity contribution >= 4 is 33.4 Å². The Balaban J connectivity index is 2.03. The summed E-state index contributed by atoms with van der Waals surface area (Å²) in [5.74, 6) is 2.33. The molecule has 0 saturated carbocycles. The van der Waals surface area contributed by atoms with Crippen LogP contribution in [0.4, 0.5) is 5.69 Å². The summed E-state index contributed by atoms with van der Waals surface area (Å²) in [5, 5.41) is 14.4. The Bertz CT molecular complexity index is 436. The van der Waals surface area contributed by atoms with Crippen LogP contribution in [0, 0.1) is 10.1 Å². The van der Waals surface area contributed by atoms with Crippen molar-refractivity contribution < 1.29 is 4.92 Å². The standard InChI is InChI=1S/C12H15BrN2O2S/c13-10-3-4-12(15(16)17)9(6-10)7-14-11-2-1-5-18-8-11/h3-4,6,11,14H,1-2,5,7-8H2. The second-order valence-electron chi connectivity index (χ2n) is 4.33. The highest BCUT2D eigenvalue weighted by Crippen LogP contribution is 2.24. The molecular weight excluding hydrogens is 316 g/mol. The Kier molecular flexibility index (Phi) is 5.03. The maximum Gasteiger partial charge on any atom is 0.273 e. The first kappa shape index (κ1) is 13.8. The first-order valence-electron chi connectivity index (χ1n) is 5.91. The maximum absolute atomic E-state index is 10.9. The van der Waals surface area contributed by atoms with Crippen LogP contribution in [0.2, 0.25) is 0 Å². The van der Waals surface area contributed by atoms with Gasteiger partial charge in [0.15, 0.2) is 0 Å². The van der Waals surface area contributed by atoms with Gasteiger partial charge >= 0.3 is 0 Å². The molecule has 2 rings (SSSR count). The molecule has 1 fully saturated rings. The van der Waals surface area contributed by atoms with Crippen LogP contribution in [0.5, 0.6) is 0 Å². The van der Waals surface area contributed by atoms with Crippen LogP contribution in [0.1, 0.15) is 18.4 Å². The van der Waals surface area contributed by atoms with Crippen molar-refractivity contribution in [2.24, 2.45) is 0 Å². The Hall–Kier alpha value is -0.590. The first-order chi connectivity index (χ1) is 8.66. The highest BCUT2D eigenvalue weighted by atomic mass is 79.9. The van der Waals surface area contributed by atoms with E-state index in [-0.39, 0.29) is 10.6 Å². The van der Waals surface area contributed by atoms with Crippen molar-refractivity contribution in [1.29, 1.82) is 0 Å². The van der Waals surface area contributed by atoms with E-state index in [0.717, 1.165) is 22.2 Å². The number of halogens is 1. The number of nitro benzene ring substituents is 1. The highest BCUT2D eigenvalue weighted by Gasteiger charge is 2.17. The Morgan fingerprint density at radius 1 is 1.56 bits per heavy atom. The summed E-state index contributed by atoms with van der Waals surface area (Å²) >= 11 is 5.30. The molecule has 1 aliphatic heterocycles. The summed E-state index contributed by atoms with van der Waals surface area (Å²) in [4.78, 5) is 10.6. The molecule has 18 heavy (non-hydrogen) atoms. The third kappa shape index (κ3) is 3.70. The minimum absolute atomic E-state index is 0.189. The molecule has 0 radical (unpaired) electrons. The molecule has 0 spiro atoms. The van der Waals surface area contributed by atoms with E-state index < -0.39 is 0 Å². The zero-order valence-electron chi connectivity index (χ0n) is 9.89. The number of nitro groups is 1. The van der Waals surface area contributed by atoms with E-state index in [2.05, 4.69) is 21.2 Å². The molecule has 1 saturated heterocycles. The van der Waals surface area contributed by atoms with Crippen molar-refractivity contribution in [3.8, 4) is 0 Å². The molecule has 98 valence electrons. The number of hydrogen-bond acceptors (Lipinski definition) is 4. The topological polar surface area (TPSA) is 55.2 Å². The largest absolute Gasteiger partial charge is 0.309 e. The van der Waals surface area contributed by atoms with Gasteiger partial charge in [0.05, 0.1) is 4.92 Å². The lowest BCUT2D eigenvalue weighted by Crippen LogP contribution is -2.33. The smallest absolute Gasteiger partial charge is 0.273 e. The molecule has 1 aromatic carbocycles. The molecule has 1 atom stereocenters. The van der Waals surface area contributed by atoms with Crippen molar-refractivity contribution in [2.75, 3.05) is 11.5 Å². The molecule has 1 heterocycles. The zero-order valence-corrected chi connectivity index (χ0v) is 12.3. The third-order valence-corrected chi connectivity index (χ3v) is 4.69. The SMILES string of the molecule is O=[N+]([O-])c1ccc(Br)cc1CNC1CCCSC1. The molecule has 1 N–H and O–H groups in total. The van der Waals surface area contributed by atoms with Crippen LogP contribution >= 0.6 is 27.7 Å². The molecule has 1 aromatic rings. The molecule has 0 amide bonds. The number of nitrogens with one attached hydrogen (secondary N) is 1. The third-order valence-electron chi connectivity index (χ3n) is 2.98. The van der Waals surface area contributed by atoms with Gasteiger partial charge in [0.25, 0.3) is 5.69 Å². The fraction of sp³-hybridized carbons (Fsp3) is 0.500. The lowest BCUT2D eigenvalue weighted by Gasteiger charge is -2.22. The minimum atomic E-state index is -0.320. The molecule has 1 unspecified atom stereocenters. The maximum atomic E-state index is 10.9. The van der Waals surface area contributed by atoms with Gasteiger partial charge in [-0.05, 0) is 30.7 Å². The van der Waals surface area contributed by atoms with E-state index in [1.165, 1.54) is 12.2 Å². The van der Waals surface area contributed by atoms with E-state index in [1.54, 1.807) is 12.1 Å². The Labute approximate surface area is 119 Å². The van der Waals surface area contributed by atoms with Gasteiger partial charge in [-0.15, -0.1) is 0 Å². The van der Waals surface area contributed by atoms with Gasteiger partial charge in [-0.3, -0.25) is 10.1 Å². The van der Waals surface area contributed by atoms with Crippen LogP contribution in [0.15, 0.2) is 22.7 Å². The van der Waals surface area contributed by atoms with Crippen LogP contribution in [0.3, 0.4) is 0 Å². The van der Waals surface area contributed by atoms with Crippen molar-refractivity contribution in [2.45, 2.75) is 25.4 Å². The van der Waals surface area contributed by atoms with E-state index in [0.29, 0.717) is 12.6 Å². The quantitative estimate of drug-likeness (QED) is 0.679. The zero-order chi connectivity index (χ0) is 13.0. The predicted molar refractivity (Wildman–Crippen MR) is 78.0 cm³/mol. The average molecular weight is 331 g/mol. The molecule has 6 heteroatoms. The highest BCUT2D eigenvalue weighted by molar-refractivity contribution is 9.10. The van der Waals surface area contributed by atoms with Gasteiger partial charge in [0, 0.05) is 34.4 Å². The van der Waals surface area contributed by atoms with E-state index >= 15 is 0 Å². The van der Waals surface area contributed by atoms with Crippen molar-refractivity contribution in [1.82, 2.24) is 5.32 Å². The molecular formula is C12H15BrN2O2S. The fourth-order valence-corrected chi connectivity index (χ4v) is 3.54. The van der Waals surface area contributed by atoms with Crippen LogP contribution in [-0.4, -0.2) is 22.5 Å². The summed E-state index contributed by atoms with van der Waals surface area (Å²) in [6, 6.07) is 5.55. The van der Waals surface area contributed by atoms with Crippen LogP contribution < -0.4 is 5.32 Å². The normalized spacial score (nSPS) is 19.7. The predicted octanol–water partition coefficient (Wildman–Crippen LogP) is 3.34. The second kappa shape index (κ2) is 6.54. The molecule has 0 bridgehead atoms. The molecule has 0 aliphatic carbocycles. The fourth-order valence-electron chi connectivity index (χ4n) is 2.03. The van der Waals surface area contributed by atoms with E-state index in [1.807, 2.05) is 17.8 Å². The number of rotatable bonds is 4. The number of benzene rings is 1. The average Bonchev–Trinajstić information content (AvgIpc) is 2.37. The van der Waals surface area contributed by atoms with Gasteiger partial charge in [0.1, 0.15) is 0 Å². The Morgan fingerprint density at radius 3 is 3.06 bits per heavy atom. The van der Waals surface area contributed by atoms with Crippen LogP contribution in [0.25, 0.3) is 0 Å². The van der Waals surface area contributed by atoms with Crippen molar-refractivity contribution in [3.05, 3.63) is 38.3 Å². The summed E-state index contributed by atoms with van der Waals surface area (Å²) in [5.41, 5.74) is 0.930. The van der Waals surface area contributed by atoms with Crippen molar-refractivity contribution in [3.63, 3.8) is 0 Å². The number of hydrogen-bond donors (Lipinski definition) is 1. The first-order valence-corrected chi connectivity index (χ1v) is 7.85. The Morgan fingerprint density at radius 2 is 2.39 bits per heavy atom. The summed E-state index contributed by atoms with van der Waals surface area (Å²) in [7, 11) is 0. The molecule has 0 aromatic heterocycles. The van der Waals surface area contributed by atoms with Gasteiger partial charge in [-0.25, -0.2) is 0 Å². The van der Waals surface area contributed by atoms with E-state index in [9.17, 15) is 10.1 Å². The monoisotopic (exact) mass is 330 g/mol. The number of thioether (sulfide) groups is 1. The summed E-state index contributed by atoms with van der Waals surface area (Å²) < 4.78 is 0.878. The number of nitrogens with zero attached hydrogens (tertiary/aromatic N) is 1. The summed E-state index contributed by atoms with van der Waals surface area (Å²) in [6.45, 7) is 0.557. The second-order valence-corrected chi connectivity index (χ2v) is 6.39. The lowest BCUT2D eigenvalue weighted by molar-refractivity contribution is -0.385. The van der Waals surface area contributed by atoms with Gasteiger partial charge in [-0.1, -0.05) is 15.9 Å². The molecule has 4 nitrogen and oxygen atoms in total. The van der Waals surface area contributed by atoms with Gasteiger partial charge in [0.2, 0.25) is 0 Å². The van der Waals surface area contributed by atoms with E-state index in [4.69, 9.17) is 0 Å². The lowest BCUT2D eigenvalue weighted by atomic mass is 10.1. The summed E-state index contributed by atoms with van der Waals surface area (Å²) in [6.07, 6.45) is 2.39.